The molecule has 0 saturated carbocycles. The predicted molar refractivity (Wildman–Crippen MR) is 61.1 cm³/mol. The quantitative estimate of drug-likeness (QED) is 0.719. The topological polar surface area (TPSA) is 88.2 Å². The van der Waals surface area contributed by atoms with Gasteiger partial charge in [0.1, 0.15) is 12.5 Å². The summed E-state index contributed by atoms with van der Waals surface area (Å²) in [6, 6.07) is 0. The van der Waals surface area contributed by atoms with Crippen LogP contribution in [0, 0.1) is 5.41 Å². The van der Waals surface area contributed by atoms with Crippen molar-refractivity contribution >= 4 is 11.9 Å². The van der Waals surface area contributed by atoms with Crippen LogP contribution >= 0.6 is 0 Å². The van der Waals surface area contributed by atoms with Crippen LogP contribution in [-0.2, 0) is 0 Å². The van der Waals surface area contributed by atoms with Crippen molar-refractivity contribution in [2.45, 2.75) is 26.1 Å². The molecular formula is C10H16FN5O. The van der Waals surface area contributed by atoms with Crippen molar-refractivity contribution in [1.29, 1.82) is 0 Å². The number of hydrogen-bond acceptors (Lipinski definition) is 6. The molecular weight excluding hydrogens is 225 g/mol. The smallest absolute Gasteiger partial charge is 0.230 e. The lowest BCUT2D eigenvalue weighted by Gasteiger charge is -2.43. The van der Waals surface area contributed by atoms with Gasteiger partial charge in [-0.15, -0.1) is 0 Å². The number of nitrogen functional groups attached to an aromatic ring is 1. The highest BCUT2D eigenvalue weighted by molar-refractivity contribution is 5.35. The molecule has 1 aliphatic rings. The average molecular weight is 241 g/mol. The summed E-state index contributed by atoms with van der Waals surface area (Å²) in [6.45, 7) is 4.15. The summed E-state index contributed by atoms with van der Waals surface area (Å²) >= 11 is 0. The molecule has 7 heteroatoms. The van der Waals surface area contributed by atoms with Gasteiger partial charge in [-0.3, -0.25) is 0 Å². The molecule has 1 aromatic rings. The van der Waals surface area contributed by atoms with Crippen molar-refractivity contribution < 1.29 is 9.50 Å². The Morgan fingerprint density at radius 3 is 2.82 bits per heavy atom. The molecule has 3 N–H and O–H groups in total. The van der Waals surface area contributed by atoms with Gasteiger partial charge in [0.2, 0.25) is 11.9 Å². The van der Waals surface area contributed by atoms with E-state index in [9.17, 15) is 9.50 Å². The Kier molecular flexibility index (Phi) is 2.86. The zero-order valence-electron chi connectivity index (χ0n) is 9.84. The van der Waals surface area contributed by atoms with Gasteiger partial charge in [-0.1, -0.05) is 13.8 Å². The number of rotatable bonds is 1. The van der Waals surface area contributed by atoms with E-state index < -0.39 is 17.7 Å². The van der Waals surface area contributed by atoms with Crippen LogP contribution in [0.3, 0.4) is 0 Å². The van der Waals surface area contributed by atoms with Gasteiger partial charge in [0.25, 0.3) is 0 Å². The molecule has 0 aliphatic carbocycles. The van der Waals surface area contributed by atoms with Crippen LogP contribution in [-0.4, -0.2) is 45.4 Å². The van der Waals surface area contributed by atoms with Crippen LogP contribution in [0.4, 0.5) is 16.3 Å². The molecule has 1 aliphatic heterocycles. The molecule has 0 aromatic carbocycles. The molecule has 0 bridgehead atoms. The molecule has 94 valence electrons. The Balaban J connectivity index is 2.24. The molecule has 0 radical (unpaired) electrons. The zero-order valence-corrected chi connectivity index (χ0v) is 9.84. The van der Waals surface area contributed by atoms with Gasteiger partial charge in [-0.2, -0.15) is 4.98 Å². The van der Waals surface area contributed by atoms with Crippen molar-refractivity contribution in [3.63, 3.8) is 0 Å². The van der Waals surface area contributed by atoms with E-state index in [4.69, 9.17) is 5.73 Å². The van der Waals surface area contributed by atoms with E-state index in [2.05, 4.69) is 15.0 Å². The zero-order chi connectivity index (χ0) is 12.6. The van der Waals surface area contributed by atoms with Gasteiger partial charge >= 0.3 is 0 Å². The van der Waals surface area contributed by atoms with E-state index in [1.807, 2.05) is 0 Å². The monoisotopic (exact) mass is 241 g/mol. The fourth-order valence-corrected chi connectivity index (χ4v) is 2.05. The summed E-state index contributed by atoms with van der Waals surface area (Å²) in [5.74, 6) is 0.453. The molecule has 6 nitrogen and oxygen atoms in total. The first kappa shape index (κ1) is 12.0. The van der Waals surface area contributed by atoms with Crippen molar-refractivity contribution in [2.75, 3.05) is 23.7 Å². The molecule has 0 amide bonds. The van der Waals surface area contributed by atoms with Crippen LogP contribution < -0.4 is 10.6 Å². The number of aromatic nitrogens is 3. The Labute approximate surface area is 98.7 Å². The van der Waals surface area contributed by atoms with Crippen LogP contribution in [0.5, 0.6) is 0 Å². The maximum Gasteiger partial charge on any atom is 0.230 e. The number of alkyl halides is 1. The molecule has 1 fully saturated rings. The maximum atomic E-state index is 13.7. The fourth-order valence-electron chi connectivity index (χ4n) is 2.05. The van der Waals surface area contributed by atoms with Crippen LogP contribution in [0.15, 0.2) is 6.33 Å². The second kappa shape index (κ2) is 4.06. The third-order valence-electron chi connectivity index (χ3n) is 3.00. The summed E-state index contributed by atoms with van der Waals surface area (Å²) in [6.07, 6.45) is -1.00. The van der Waals surface area contributed by atoms with Crippen LogP contribution in [0.2, 0.25) is 0 Å². The summed E-state index contributed by atoms with van der Waals surface area (Å²) in [4.78, 5) is 13.3. The van der Waals surface area contributed by atoms with E-state index in [1.165, 1.54) is 6.33 Å². The standard InChI is InChI=1S/C10H16FN5O/c1-10(2)4-16(3-6(11)7(10)17)9-14-5-13-8(12)15-9/h5-7,17H,3-4H2,1-2H3,(H2,12,13,14,15)/t6-,7-/m1/s1. The lowest BCUT2D eigenvalue weighted by atomic mass is 9.80. The second-order valence-corrected chi connectivity index (χ2v) is 4.97. The van der Waals surface area contributed by atoms with Gasteiger partial charge in [0.05, 0.1) is 12.6 Å². The summed E-state index contributed by atoms with van der Waals surface area (Å²) in [5, 5.41) is 9.75. The number of nitrogens with zero attached hydrogens (tertiary/aromatic N) is 4. The molecule has 1 aromatic heterocycles. The van der Waals surface area contributed by atoms with Crippen molar-refractivity contribution in [3.8, 4) is 0 Å². The van der Waals surface area contributed by atoms with E-state index in [0.717, 1.165) is 0 Å². The number of piperidine rings is 1. The third kappa shape index (κ3) is 2.28. The van der Waals surface area contributed by atoms with Gasteiger partial charge in [-0.25, -0.2) is 14.4 Å². The predicted octanol–water partition coefficient (Wildman–Crippen LogP) is -0.00100. The highest BCUT2D eigenvalue weighted by atomic mass is 19.1. The van der Waals surface area contributed by atoms with E-state index >= 15 is 0 Å². The minimum atomic E-state index is -1.32. The molecule has 2 atom stereocenters. The molecule has 0 unspecified atom stereocenters. The summed E-state index contributed by atoms with van der Waals surface area (Å²) in [7, 11) is 0. The minimum Gasteiger partial charge on any atom is -0.389 e. The number of nitrogens with two attached hydrogens (primary N) is 1. The number of anilines is 2. The van der Waals surface area contributed by atoms with E-state index in [1.54, 1.807) is 18.7 Å². The Hall–Kier alpha value is -1.50. The lowest BCUT2D eigenvalue weighted by Crippen LogP contribution is -2.55. The van der Waals surface area contributed by atoms with Crippen molar-refractivity contribution in [1.82, 2.24) is 15.0 Å². The van der Waals surface area contributed by atoms with Gasteiger partial charge in [0, 0.05) is 12.0 Å². The van der Waals surface area contributed by atoms with Crippen LogP contribution in [0.25, 0.3) is 0 Å². The second-order valence-electron chi connectivity index (χ2n) is 4.97. The molecule has 17 heavy (non-hydrogen) atoms. The lowest BCUT2D eigenvalue weighted by molar-refractivity contribution is -0.0257. The van der Waals surface area contributed by atoms with E-state index in [0.29, 0.717) is 12.5 Å². The molecule has 2 rings (SSSR count). The number of hydrogen-bond donors (Lipinski definition) is 2. The van der Waals surface area contributed by atoms with Gasteiger partial charge in [-0.05, 0) is 0 Å². The third-order valence-corrected chi connectivity index (χ3v) is 3.00. The largest absolute Gasteiger partial charge is 0.389 e. The number of halogens is 1. The fraction of sp³-hybridized carbons (Fsp3) is 0.700. The normalized spacial score (nSPS) is 28.1. The highest BCUT2D eigenvalue weighted by Crippen LogP contribution is 2.32. The Morgan fingerprint density at radius 1 is 1.53 bits per heavy atom. The summed E-state index contributed by atoms with van der Waals surface area (Å²) < 4.78 is 13.7. The average Bonchev–Trinajstić information content (AvgIpc) is 2.25. The maximum absolute atomic E-state index is 13.7. The number of aliphatic hydroxyl groups is 1. The molecule has 1 saturated heterocycles. The molecule has 2 heterocycles. The Morgan fingerprint density at radius 2 is 2.24 bits per heavy atom. The van der Waals surface area contributed by atoms with Gasteiger partial charge in [0.15, 0.2) is 0 Å². The van der Waals surface area contributed by atoms with Crippen molar-refractivity contribution in [2.24, 2.45) is 5.41 Å². The first-order valence-electron chi connectivity index (χ1n) is 5.42. The van der Waals surface area contributed by atoms with E-state index in [-0.39, 0.29) is 12.5 Å². The SMILES string of the molecule is CC1(C)CN(c2ncnc(N)n2)C[C@@H](F)[C@H]1O. The minimum absolute atomic E-state index is 0.0635. The Bertz CT molecular complexity index is 413. The molecule has 0 spiro atoms. The van der Waals surface area contributed by atoms with Crippen LogP contribution in [0.1, 0.15) is 13.8 Å². The number of aliphatic hydroxyl groups excluding tert-OH is 1. The van der Waals surface area contributed by atoms with Crippen molar-refractivity contribution in [3.05, 3.63) is 6.33 Å². The summed E-state index contributed by atoms with van der Waals surface area (Å²) in [5.41, 5.74) is 4.91. The first-order valence-corrected chi connectivity index (χ1v) is 5.42. The van der Waals surface area contributed by atoms with Gasteiger partial charge < -0.3 is 15.7 Å². The highest BCUT2D eigenvalue weighted by Gasteiger charge is 2.42. The first-order chi connectivity index (χ1) is 7.90.